The van der Waals surface area contributed by atoms with Gasteiger partial charge in [-0.1, -0.05) is 39.2 Å². The third-order valence-corrected chi connectivity index (χ3v) is 5.92. The van der Waals surface area contributed by atoms with Crippen LogP contribution in [0.3, 0.4) is 0 Å². The average Bonchev–Trinajstić information content (AvgIpc) is 2.80. The second-order valence-corrected chi connectivity index (χ2v) is 8.12. The molecule has 0 saturated heterocycles. The molecule has 1 saturated carbocycles. The molecule has 2 N–H and O–H groups in total. The fraction of sp³-hybridized carbons (Fsp3) is 0.667. The number of hydrogen-bond donors (Lipinski definition) is 2. The molecule has 0 spiro atoms. The predicted molar refractivity (Wildman–Crippen MR) is 122 cm³/mol. The maximum atomic E-state index is 12.1. The van der Waals surface area contributed by atoms with E-state index in [0.29, 0.717) is 37.0 Å². The van der Waals surface area contributed by atoms with Gasteiger partial charge in [0.25, 0.3) is 0 Å². The molecule has 1 aromatic carbocycles. The summed E-state index contributed by atoms with van der Waals surface area (Å²) < 4.78 is 11.3. The van der Waals surface area contributed by atoms with Gasteiger partial charge in [0, 0.05) is 19.5 Å². The van der Waals surface area contributed by atoms with Gasteiger partial charge in [-0.25, -0.2) is 0 Å². The van der Waals surface area contributed by atoms with Crippen LogP contribution in [0, 0.1) is 5.92 Å². The summed E-state index contributed by atoms with van der Waals surface area (Å²) in [4.78, 5) is 26.5. The van der Waals surface area contributed by atoms with Crippen molar-refractivity contribution in [1.82, 2.24) is 15.5 Å². The van der Waals surface area contributed by atoms with E-state index in [2.05, 4.69) is 29.4 Å². The monoisotopic (exact) mass is 433 g/mol. The first-order valence-corrected chi connectivity index (χ1v) is 11.6. The van der Waals surface area contributed by atoms with Gasteiger partial charge in [0.1, 0.15) is 6.61 Å². The number of carbonyl (C=O) groups excluding carboxylic acids is 2. The first-order valence-electron chi connectivity index (χ1n) is 11.6. The fourth-order valence-electron chi connectivity index (χ4n) is 3.93. The lowest BCUT2D eigenvalue weighted by molar-refractivity contribution is -0.126. The van der Waals surface area contributed by atoms with E-state index in [-0.39, 0.29) is 18.4 Å². The molecule has 0 bridgehead atoms. The third-order valence-electron chi connectivity index (χ3n) is 5.92. The van der Waals surface area contributed by atoms with Crippen molar-refractivity contribution in [3.63, 3.8) is 0 Å². The van der Waals surface area contributed by atoms with Crippen molar-refractivity contribution in [2.45, 2.75) is 58.9 Å². The Bertz CT molecular complexity index is 685. The molecule has 0 atom stereocenters. The van der Waals surface area contributed by atoms with Crippen molar-refractivity contribution < 1.29 is 19.1 Å². The van der Waals surface area contributed by atoms with Crippen molar-refractivity contribution in [2.75, 3.05) is 39.9 Å². The summed E-state index contributed by atoms with van der Waals surface area (Å²) in [6.07, 6.45) is 6.46. The standard InChI is InChI=1S/C24H39N3O4/c1-4-27(5-2)13-14-31-21-12-11-20(15-22(21)30-3)17-25-24(29)18-26-23(28)16-19-9-7-6-8-10-19/h11-12,15,19H,4-10,13-14,16-18H2,1-3H3,(H,25,29)(H,26,28). The number of nitrogens with zero attached hydrogens (tertiary/aromatic N) is 1. The van der Waals surface area contributed by atoms with E-state index < -0.39 is 0 Å². The van der Waals surface area contributed by atoms with E-state index >= 15 is 0 Å². The number of nitrogens with one attached hydrogen (secondary N) is 2. The second-order valence-electron chi connectivity index (χ2n) is 8.12. The average molecular weight is 434 g/mol. The Morgan fingerprint density at radius 3 is 2.45 bits per heavy atom. The van der Waals surface area contributed by atoms with Gasteiger partial charge in [0.2, 0.25) is 11.8 Å². The van der Waals surface area contributed by atoms with Gasteiger partial charge in [0.05, 0.1) is 13.7 Å². The highest BCUT2D eigenvalue weighted by Crippen LogP contribution is 2.28. The lowest BCUT2D eigenvalue weighted by Gasteiger charge is -2.20. The van der Waals surface area contributed by atoms with Crippen LogP contribution < -0.4 is 20.1 Å². The predicted octanol–water partition coefficient (Wildman–Crippen LogP) is 3.12. The molecule has 0 aliphatic heterocycles. The number of likely N-dealkylation sites (N-methyl/N-ethyl adjacent to an activating group) is 1. The molecule has 1 aliphatic rings. The van der Waals surface area contributed by atoms with Crippen LogP contribution in [0.2, 0.25) is 0 Å². The zero-order chi connectivity index (χ0) is 22.5. The Kier molecular flexibility index (Phi) is 11.2. The summed E-state index contributed by atoms with van der Waals surface area (Å²) in [6.45, 7) is 8.09. The molecule has 7 nitrogen and oxygen atoms in total. The molecule has 0 aromatic heterocycles. The van der Waals surface area contributed by atoms with E-state index in [0.717, 1.165) is 38.0 Å². The van der Waals surface area contributed by atoms with Crippen LogP contribution >= 0.6 is 0 Å². The Morgan fingerprint density at radius 1 is 1.03 bits per heavy atom. The molecular formula is C24H39N3O4. The van der Waals surface area contributed by atoms with E-state index in [1.807, 2.05) is 18.2 Å². The number of ether oxygens (including phenoxy) is 2. The van der Waals surface area contributed by atoms with Crippen molar-refractivity contribution in [3.05, 3.63) is 23.8 Å². The number of hydrogen-bond acceptors (Lipinski definition) is 5. The smallest absolute Gasteiger partial charge is 0.239 e. The van der Waals surface area contributed by atoms with Crippen molar-refractivity contribution >= 4 is 11.8 Å². The number of carbonyl (C=O) groups is 2. The van der Waals surface area contributed by atoms with Crippen LogP contribution in [0.5, 0.6) is 11.5 Å². The zero-order valence-corrected chi connectivity index (χ0v) is 19.4. The minimum absolute atomic E-state index is 0.00917. The molecule has 0 radical (unpaired) electrons. The van der Waals surface area contributed by atoms with Crippen LogP contribution in [0.1, 0.15) is 57.9 Å². The van der Waals surface area contributed by atoms with Crippen LogP contribution in [-0.2, 0) is 16.1 Å². The fourth-order valence-corrected chi connectivity index (χ4v) is 3.93. The van der Waals surface area contributed by atoms with Gasteiger partial charge in [-0.05, 0) is 49.5 Å². The Hall–Kier alpha value is -2.28. The highest BCUT2D eigenvalue weighted by Gasteiger charge is 2.17. The number of benzene rings is 1. The van der Waals surface area contributed by atoms with Gasteiger partial charge >= 0.3 is 0 Å². The third kappa shape index (κ3) is 9.17. The Balaban J connectivity index is 1.72. The Labute approximate surface area is 186 Å². The molecule has 0 heterocycles. The normalized spacial score (nSPS) is 14.3. The molecule has 31 heavy (non-hydrogen) atoms. The van der Waals surface area contributed by atoms with Crippen LogP contribution in [-0.4, -0.2) is 56.6 Å². The maximum Gasteiger partial charge on any atom is 0.239 e. The van der Waals surface area contributed by atoms with E-state index in [1.54, 1.807) is 7.11 Å². The first kappa shape index (κ1) is 25.0. The minimum atomic E-state index is -0.199. The van der Waals surface area contributed by atoms with Crippen LogP contribution in [0.4, 0.5) is 0 Å². The molecule has 1 aromatic rings. The van der Waals surface area contributed by atoms with Gasteiger partial charge in [-0.15, -0.1) is 0 Å². The highest BCUT2D eigenvalue weighted by atomic mass is 16.5. The first-order chi connectivity index (χ1) is 15.0. The maximum absolute atomic E-state index is 12.1. The zero-order valence-electron chi connectivity index (χ0n) is 19.4. The largest absolute Gasteiger partial charge is 0.493 e. The van der Waals surface area contributed by atoms with Gasteiger partial charge in [0.15, 0.2) is 11.5 Å². The molecular weight excluding hydrogens is 394 g/mol. The SMILES string of the molecule is CCN(CC)CCOc1ccc(CNC(=O)CNC(=O)CC2CCCCC2)cc1OC. The van der Waals surface area contributed by atoms with Gasteiger partial charge < -0.3 is 25.0 Å². The van der Waals surface area contributed by atoms with E-state index in [1.165, 1.54) is 19.3 Å². The Morgan fingerprint density at radius 2 is 1.77 bits per heavy atom. The van der Waals surface area contributed by atoms with Crippen molar-refractivity contribution in [3.8, 4) is 11.5 Å². The summed E-state index contributed by atoms with van der Waals surface area (Å²) in [7, 11) is 1.61. The van der Waals surface area contributed by atoms with Crippen molar-refractivity contribution in [1.29, 1.82) is 0 Å². The van der Waals surface area contributed by atoms with Crippen LogP contribution in [0.25, 0.3) is 0 Å². The molecule has 174 valence electrons. The lowest BCUT2D eigenvalue weighted by atomic mass is 9.87. The quantitative estimate of drug-likeness (QED) is 0.500. The molecule has 2 amide bonds. The molecule has 2 rings (SSSR count). The number of rotatable bonds is 13. The van der Waals surface area contributed by atoms with E-state index in [9.17, 15) is 9.59 Å². The summed E-state index contributed by atoms with van der Waals surface area (Å²) in [5.41, 5.74) is 0.912. The molecule has 1 aliphatic carbocycles. The van der Waals surface area contributed by atoms with Gasteiger partial charge in [-0.3, -0.25) is 9.59 Å². The summed E-state index contributed by atoms with van der Waals surface area (Å²) in [5, 5.41) is 5.59. The summed E-state index contributed by atoms with van der Waals surface area (Å²) in [6, 6.07) is 5.65. The number of amides is 2. The summed E-state index contributed by atoms with van der Waals surface area (Å²) in [5.74, 6) is 1.58. The topological polar surface area (TPSA) is 79.9 Å². The molecule has 7 heteroatoms. The van der Waals surface area contributed by atoms with Crippen LogP contribution in [0.15, 0.2) is 18.2 Å². The second kappa shape index (κ2) is 13.9. The summed E-state index contributed by atoms with van der Waals surface area (Å²) >= 11 is 0. The highest BCUT2D eigenvalue weighted by molar-refractivity contribution is 5.84. The lowest BCUT2D eigenvalue weighted by Crippen LogP contribution is -2.37. The van der Waals surface area contributed by atoms with E-state index in [4.69, 9.17) is 9.47 Å². The van der Waals surface area contributed by atoms with Crippen molar-refractivity contribution in [2.24, 2.45) is 5.92 Å². The minimum Gasteiger partial charge on any atom is -0.493 e. The molecule has 1 fully saturated rings. The number of methoxy groups -OCH3 is 1. The van der Waals surface area contributed by atoms with Gasteiger partial charge in [-0.2, -0.15) is 0 Å². The molecule has 0 unspecified atom stereocenters.